The van der Waals surface area contributed by atoms with Crippen molar-refractivity contribution in [2.45, 2.75) is 38.6 Å². The van der Waals surface area contributed by atoms with Crippen LogP contribution in [-0.4, -0.2) is 6.29 Å². The smallest absolute Gasteiger partial charge is 0.197 e. The molecule has 17 heavy (non-hydrogen) atoms. The predicted octanol–water partition coefficient (Wildman–Crippen LogP) is 3.80. The molecule has 0 spiro atoms. The van der Waals surface area contributed by atoms with Crippen LogP contribution in [0.1, 0.15) is 37.9 Å². The summed E-state index contributed by atoms with van der Waals surface area (Å²) in [6, 6.07) is 10.5. The highest BCUT2D eigenvalue weighted by molar-refractivity contribution is 5.22. The van der Waals surface area contributed by atoms with Gasteiger partial charge in [-0.25, -0.2) is 0 Å². The van der Waals surface area contributed by atoms with Gasteiger partial charge < -0.3 is 9.47 Å². The fourth-order valence-electron chi connectivity index (χ4n) is 2.79. The molecule has 0 radical (unpaired) electrons. The van der Waals surface area contributed by atoms with Gasteiger partial charge in [-0.05, 0) is 37.8 Å². The molecule has 1 aromatic rings. The van der Waals surface area contributed by atoms with Crippen molar-refractivity contribution in [2.24, 2.45) is 5.92 Å². The molecule has 0 saturated carbocycles. The van der Waals surface area contributed by atoms with Crippen molar-refractivity contribution in [3.8, 4) is 0 Å². The Labute approximate surface area is 102 Å². The van der Waals surface area contributed by atoms with Crippen LogP contribution in [-0.2, 0) is 9.47 Å². The van der Waals surface area contributed by atoms with Crippen LogP contribution in [0.2, 0.25) is 0 Å². The fourth-order valence-corrected chi connectivity index (χ4v) is 2.79. The molecule has 1 aliphatic carbocycles. The SMILES string of the molecule is CC1OC2=CCCCC2C(c2ccccc2)O1. The summed E-state index contributed by atoms with van der Waals surface area (Å²) in [5, 5.41) is 0. The summed E-state index contributed by atoms with van der Waals surface area (Å²) in [7, 11) is 0. The van der Waals surface area contributed by atoms with Crippen LogP contribution in [0, 0.1) is 5.92 Å². The number of hydrogen-bond acceptors (Lipinski definition) is 2. The third kappa shape index (κ3) is 2.09. The Balaban J connectivity index is 1.92. The zero-order valence-electron chi connectivity index (χ0n) is 10.1. The molecule has 1 aromatic carbocycles. The van der Waals surface area contributed by atoms with Crippen LogP contribution in [0.3, 0.4) is 0 Å². The van der Waals surface area contributed by atoms with Crippen LogP contribution < -0.4 is 0 Å². The lowest BCUT2D eigenvalue weighted by molar-refractivity contribution is -0.201. The number of fused-ring (bicyclic) bond motifs is 1. The molecule has 90 valence electrons. The van der Waals surface area contributed by atoms with E-state index >= 15 is 0 Å². The summed E-state index contributed by atoms with van der Waals surface area (Å²) in [5.41, 5.74) is 1.26. The molecule has 0 amide bonds. The third-order valence-corrected chi connectivity index (χ3v) is 3.56. The Kier molecular flexibility index (Phi) is 2.89. The van der Waals surface area contributed by atoms with Crippen molar-refractivity contribution in [3.05, 3.63) is 47.7 Å². The summed E-state index contributed by atoms with van der Waals surface area (Å²) in [4.78, 5) is 0. The van der Waals surface area contributed by atoms with Gasteiger partial charge in [0.25, 0.3) is 0 Å². The number of benzene rings is 1. The summed E-state index contributed by atoms with van der Waals surface area (Å²) in [6.07, 6.45) is 5.80. The predicted molar refractivity (Wildman–Crippen MR) is 66.2 cm³/mol. The maximum absolute atomic E-state index is 5.98. The first-order chi connectivity index (χ1) is 8.34. The normalized spacial score (nSPS) is 32.3. The largest absolute Gasteiger partial charge is 0.470 e. The van der Waals surface area contributed by atoms with Crippen LogP contribution in [0.4, 0.5) is 0 Å². The summed E-state index contributed by atoms with van der Waals surface area (Å²) in [6.45, 7) is 1.97. The second-order valence-electron chi connectivity index (χ2n) is 4.80. The zero-order valence-corrected chi connectivity index (χ0v) is 10.1. The molecular weight excluding hydrogens is 212 g/mol. The first-order valence-corrected chi connectivity index (χ1v) is 6.42. The molecule has 3 atom stereocenters. The van der Waals surface area contributed by atoms with Gasteiger partial charge in [-0.2, -0.15) is 0 Å². The highest BCUT2D eigenvalue weighted by Gasteiger charge is 2.36. The van der Waals surface area contributed by atoms with Gasteiger partial charge in [0.05, 0.1) is 6.10 Å². The molecule has 3 unspecified atom stereocenters. The second kappa shape index (κ2) is 4.53. The van der Waals surface area contributed by atoms with Gasteiger partial charge in [0.1, 0.15) is 5.76 Å². The molecule has 0 aromatic heterocycles. The van der Waals surface area contributed by atoms with Gasteiger partial charge in [-0.1, -0.05) is 30.3 Å². The minimum atomic E-state index is -0.138. The number of rotatable bonds is 1. The molecule has 2 nitrogen and oxygen atoms in total. The Hall–Kier alpha value is -1.28. The van der Waals surface area contributed by atoms with Crippen LogP contribution in [0.25, 0.3) is 0 Å². The third-order valence-electron chi connectivity index (χ3n) is 3.56. The van der Waals surface area contributed by atoms with Gasteiger partial charge in [-0.3, -0.25) is 0 Å². The summed E-state index contributed by atoms with van der Waals surface area (Å²) < 4.78 is 11.8. The van der Waals surface area contributed by atoms with Gasteiger partial charge in [0.15, 0.2) is 6.29 Å². The summed E-state index contributed by atoms with van der Waals surface area (Å²) >= 11 is 0. The van der Waals surface area contributed by atoms with Crippen LogP contribution in [0.5, 0.6) is 0 Å². The molecule has 2 heteroatoms. The van der Waals surface area contributed by atoms with E-state index in [0.717, 1.165) is 18.6 Å². The summed E-state index contributed by atoms with van der Waals surface area (Å²) in [5.74, 6) is 1.55. The van der Waals surface area contributed by atoms with E-state index < -0.39 is 0 Å². The standard InChI is InChI=1S/C15H18O2/c1-11-16-14-10-6-5-9-13(14)15(17-11)12-7-3-2-4-8-12/h2-4,7-8,10-11,13,15H,5-6,9H2,1H3. The number of ether oxygens (including phenoxy) is 2. The average Bonchev–Trinajstić information content (AvgIpc) is 2.39. The lowest BCUT2D eigenvalue weighted by Gasteiger charge is -2.39. The molecule has 1 aliphatic heterocycles. The zero-order chi connectivity index (χ0) is 11.7. The molecule has 1 fully saturated rings. The Morgan fingerprint density at radius 1 is 1.18 bits per heavy atom. The van der Waals surface area contributed by atoms with Crippen molar-refractivity contribution >= 4 is 0 Å². The first-order valence-electron chi connectivity index (χ1n) is 6.42. The molecule has 3 rings (SSSR count). The van der Waals surface area contributed by atoms with Gasteiger partial charge in [0, 0.05) is 5.92 Å². The minimum absolute atomic E-state index is 0.138. The van der Waals surface area contributed by atoms with Crippen molar-refractivity contribution < 1.29 is 9.47 Å². The molecule has 0 bridgehead atoms. The lowest BCUT2D eigenvalue weighted by atomic mass is 9.85. The number of allylic oxidation sites excluding steroid dienone is 1. The topological polar surface area (TPSA) is 18.5 Å². The van der Waals surface area contributed by atoms with Crippen molar-refractivity contribution in [1.29, 1.82) is 0 Å². The van der Waals surface area contributed by atoms with Gasteiger partial charge in [-0.15, -0.1) is 0 Å². The second-order valence-corrected chi connectivity index (χ2v) is 4.80. The van der Waals surface area contributed by atoms with E-state index in [9.17, 15) is 0 Å². The van der Waals surface area contributed by atoms with E-state index in [4.69, 9.17) is 9.47 Å². The molecular formula is C15H18O2. The maximum atomic E-state index is 5.98. The lowest BCUT2D eigenvalue weighted by Crippen LogP contribution is -2.33. The maximum Gasteiger partial charge on any atom is 0.197 e. The minimum Gasteiger partial charge on any atom is -0.470 e. The molecule has 2 aliphatic rings. The Morgan fingerprint density at radius 2 is 2.00 bits per heavy atom. The highest BCUT2D eigenvalue weighted by atomic mass is 16.7. The van der Waals surface area contributed by atoms with Gasteiger partial charge in [0.2, 0.25) is 0 Å². The fraction of sp³-hybridized carbons (Fsp3) is 0.467. The Morgan fingerprint density at radius 3 is 2.82 bits per heavy atom. The molecule has 1 heterocycles. The van der Waals surface area contributed by atoms with Crippen molar-refractivity contribution in [3.63, 3.8) is 0 Å². The molecule has 0 N–H and O–H groups in total. The number of hydrogen-bond donors (Lipinski definition) is 0. The highest BCUT2D eigenvalue weighted by Crippen LogP contribution is 2.43. The monoisotopic (exact) mass is 230 g/mol. The van der Waals surface area contributed by atoms with E-state index in [-0.39, 0.29) is 12.4 Å². The van der Waals surface area contributed by atoms with E-state index in [1.54, 1.807) is 0 Å². The average molecular weight is 230 g/mol. The van der Waals surface area contributed by atoms with Crippen molar-refractivity contribution in [1.82, 2.24) is 0 Å². The van der Waals surface area contributed by atoms with Gasteiger partial charge >= 0.3 is 0 Å². The van der Waals surface area contributed by atoms with E-state index in [0.29, 0.717) is 5.92 Å². The van der Waals surface area contributed by atoms with Crippen LogP contribution in [0.15, 0.2) is 42.2 Å². The molecule has 1 saturated heterocycles. The van der Waals surface area contributed by atoms with E-state index in [1.165, 1.54) is 12.0 Å². The Bertz CT molecular complexity index is 410. The van der Waals surface area contributed by atoms with E-state index in [2.05, 4.69) is 30.3 Å². The first kappa shape index (κ1) is 10.8. The quantitative estimate of drug-likeness (QED) is 0.730. The van der Waals surface area contributed by atoms with Crippen LogP contribution >= 0.6 is 0 Å². The van der Waals surface area contributed by atoms with E-state index in [1.807, 2.05) is 13.0 Å². The van der Waals surface area contributed by atoms with Crippen molar-refractivity contribution in [2.75, 3.05) is 0 Å².